The maximum atomic E-state index is 4.35. The molecule has 19 heavy (non-hydrogen) atoms. The lowest BCUT2D eigenvalue weighted by Gasteiger charge is -2.33. The van der Waals surface area contributed by atoms with Gasteiger partial charge in [0.15, 0.2) is 0 Å². The summed E-state index contributed by atoms with van der Waals surface area (Å²) in [4.78, 5) is 4.35. The van der Waals surface area contributed by atoms with Gasteiger partial charge in [-0.2, -0.15) is 5.10 Å². The minimum atomic E-state index is 0.547. The van der Waals surface area contributed by atoms with E-state index >= 15 is 0 Å². The molecule has 2 rings (SSSR count). The van der Waals surface area contributed by atoms with Gasteiger partial charge < -0.3 is 5.32 Å². The van der Waals surface area contributed by atoms with Crippen molar-refractivity contribution in [1.29, 1.82) is 0 Å². The molecule has 0 radical (unpaired) electrons. The predicted octanol–water partition coefficient (Wildman–Crippen LogP) is 2.55. The van der Waals surface area contributed by atoms with Crippen LogP contribution in [0.3, 0.4) is 0 Å². The standard InChI is InChI=1S/C15H28N4/c1-4-5-12-6-8-13(9-7-12)14(16-2)10-15-17-11-18-19(15)3/h11-14,16H,4-10H2,1-3H3. The van der Waals surface area contributed by atoms with E-state index in [-0.39, 0.29) is 0 Å². The van der Waals surface area contributed by atoms with Gasteiger partial charge in [0, 0.05) is 19.5 Å². The Balaban J connectivity index is 1.87. The van der Waals surface area contributed by atoms with Crippen molar-refractivity contribution in [1.82, 2.24) is 20.1 Å². The van der Waals surface area contributed by atoms with Crippen molar-refractivity contribution in [3.63, 3.8) is 0 Å². The van der Waals surface area contributed by atoms with Crippen LogP contribution < -0.4 is 5.32 Å². The van der Waals surface area contributed by atoms with E-state index in [9.17, 15) is 0 Å². The van der Waals surface area contributed by atoms with Gasteiger partial charge in [-0.3, -0.25) is 4.68 Å². The van der Waals surface area contributed by atoms with E-state index in [2.05, 4.69) is 29.4 Å². The molecule has 1 fully saturated rings. The number of nitrogens with one attached hydrogen (secondary N) is 1. The minimum absolute atomic E-state index is 0.547. The number of nitrogens with zero attached hydrogens (tertiary/aromatic N) is 3. The molecule has 0 saturated heterocycles. The van der Waals surface area contributed by atoms with Crippen molar-refractivity contribution in [2.75, 3.05) is 7.05 Å². The van der Waals surface area contributed by atoms with Crippen LogP contribution in [0, 0.1) is 11.8 Å². The summed E-state index contributed by atoms with van der Waals surface area (Å²) < 4.78 is 1.90. The first-order valence-electron chi connectivity index (χ1n) is 7.74. The van der Waals surface area contributed by atoms with Gasteiger partial charge in [-0.1, -0.05) is 32.6 Å². The third-order valence-electron chi connectivity index (χ3n) is 4.74. The summed E-state index contributed by atoms with van der Waals surface area (Å²) in [5.41, 5.74) is 0. The molecule has 1 unspecified atom stereocenters. The van der Waals surface area contributed by atoms with Crippen molar-refractivity contribution in [3.8, 4) is 0 Å². The lowest BCUT2D eigenvalue weighted by Crippen LogP contribution is -2.38. The maximum Gasteiger partial charge on any atom is 0.138 e. The quantitative estimate of drug-likeness (QED) is 0.858. The largest absolute Gasteiger partial charge is 0.316 e. The Bertz CT molecular complexity index is 366. The van der Waals surface area contributed by atoms with E-state index in [4.69, 9.17) is 0 Å². The van der Waals surface area contributed by atoms with Crippen LogP contribution in [0.4, 0.5) is 0 Å². The predicted molar refractivity (Wildman–Crippen MR) is 77.9 cm³/mol. The van der Waals surface area contributed by atoms with E-state index < -0.39 is 0 Å². The summed E-state index contributed by atoms with van der Waals surface area (Å²) in [6.07, 6.45) is 11.0. The zero-order valence-electron chi connectivity index (χ0n) is 12.6. The third kappa shape index (κ3) is 3.78. The normalized spacial score (nSPS) is 25.4. The molecule has 4 heteroatoms. The zero-order valence-corrected chi connectivity index (χ0v) is 12.6. The summed E-state index contributed by atoms with van der Waals surface area (Å²) in [6.45, 7) is 2.30. The zero-order chi connectivity index (χ0) is 13.7. The highest BCUT2D eigenvalue weighted by atomic mass is 15.3. The summed E-state index contributed by atoms with van der Waals surface area (Å²) in [7, 11) is 4.06. The summed E-state index contributed by atoms with van der Waals surface area (Å²) in [6, 6.07) is 0.547. The summed E-state index contributed by atoms with van der Waals surface area (Å²) >= 11 is 0. The van der Waals surface area contributed by atoms with Crippen molar-refractivity contribution in [3.05, 3.63) is 12.2 Å². The van der Waals surface area contributed by atoms with Gasteiger partial charge in [-0.25, -0.2) is 4.98 Å². The Labute approximate surface area is 117 Å². The van der Waals surface area contributed by atoms with Crippen molar-refractivity contribution >= 4 is 0 Å². The van der Waals surface area contributed by atoms with Crippen molar-refractivity contribution in [2.45, 2.75) is 57.9 Å². The molecule has 0 aromatic carbocycles. The van der Waals surface area contributed by atoms with Gasteiger partial charge >= 0.3 is 0 Å². The molecular formula is C15H28N4. The second-order valence-corrected chi connectivity index (χ2v) is 5.97. The molecule has 1 saturated carbocycles. The molecule has 108 valence electrons. The summed E-state index contributed by atoms with van der Waals surface area (Å²) in [5.74, 6) is 2.87. The number of rotatable bonds is 6. The number of likely N-dealkylation sites (N-methyl/N-ethyl adjacent to an activating group) is 1. The fourth-order valence-electron chi connectivity index (χ4n) is 3.49. The highest BCUT2D eigenvalue weighted by molar-refractivity contribution is 4.92. The Morgan fingerprint density at radius 1 is 1.37 bits per heavy atom. The monoisotopic (exact) mass is 264 g/mol. The maximum absolute atomic E-state index is 4.35. The van der Waals surface area contributed by atoms with Crippen molar-refractivity contribution in [2.24, 2.45) is 18.9 Å². The Morgan fingerprint density at radius 2 is 2.11 bits per heavy atom. The molecule has 0 spiro atoms. The van der Waals surface area contributed by atoms with Gasteiger partial charge in [0.05, 0.1) is 0 Å². The van der Waals surface area contributed by atoms with E-state index in [1.54, 1.807) is 6.33 Å². The molecule has 1 aromatic heterocycles. The Morgan fingerprint density at radius 3 is 2.63 bits per heavy atom. The van der Waals surface area contributed by atoms with Crippen molar-refractivity contribution < 1.29 is 0 Å². The lowest BCUT2D eigenvalue weighted by atomic mass is 9.76. The van der Waals surface area contributed by atoms with Crippen LogP contribution in [0.25, 0.3) is 0 Å². The molecule has 1 aliphatic rings. The van der Waals surface area contributed by atoms with E-state index in [0.29, 0.717) is 6.04 Å². The van der Waals surface area contributed by atoms with Crippen LogP contribution >= 0.6 is 0 Å². The highest BCUT2D eigenvalue weighted by Crippen LogP contribution is 2.33. The highest BCUT2D eigenvalue weighted by Gasteiger charge is 2.27. The number of hydrogen-bond donors (Lipinski definition) is 1. The molecule has 4 nitrogen and oxygen atoms in total. The molecule has 1 atom stereocenters. The Hall–Kier alpha value is -0.900. The molecule has 1 heterocycles. The number of hydrogen-bond acceptors (Lipinski definition) is 3. The van der Waals surface area contributed by atoms with Crippen LogP contribution in [0.2, 0.25) is 0 Å². The molecule has 0 amide bonds. The van der Waals surface area contributed by atoms with Crippen LogP contribution in [-0.4, -0.2) is 27.9 Å². The molecule has 0 bridgehead atoms. The van der Waals surface area contributed by atoms with Gasteiger partial charge in [0.2, 0.25) is 0 Å². The van der Waals surface area contributed by atoms with Gasteiger partial charge in [0.1, 0.15) is 12.2 Å². The molecular weight excluding hydrogens is 236 g/mol. The van der Waals surface area contributed by atoms with E-state index in [0.717, 1.165) is 24.1 Å². The van der Waals surface area contributed by atoms with Crippen LogP contribution in [0.1, 0.15) is 51.3 Å². The smallest absolute Gasteiger partial charge is 0.138 e. The van der Waals surface area contributed by atoms with E-state index in [1.165, 1.54) is 38.5 Å². The second-order valence-electron chi connectivity index (χ2n) is 5.97. The van der Waals surface area contributed by atoms with Crippen LogP contribution in [-0.2, 0) is 13.5 Å². The minimum Gasteiger partial charge on any atom is -0.316 e. The number of aryl methyl sites for hydroxylation is 1. The first-order valence-corrected chi connectivity index (χ1v) is 7.74. The first kappa shape index (κ1) is 14.5. The molecule has 0 aliphatic heterocycles. The fraction of sp³-hybridized carbons (Fsp3) is 0.867. The van der Waals surface area contributed by atoms with Crippen LogP contribution in [0.5, 0.6) is 0 Å². The molecule has 1 aromatic rings. The first-order chi connectivity index (χ1) is 9.24. The topological polar surface area (TPSA) is 42.7 Å². The Kier molecular flexibility index (Phi) is 5.37. The number of aromatic nitrogens is 3. The van der Waals surface area contributed by atoms with Gasteiger partial charge in [-0.15, -0.1) is 0 Å². The van der Waals surface area contributed by atoms with Gasteiger partial charge in [0.25, 0.3) is 0 Å². The van der Waals surface area contributed by atoms with Gasteiger partial charge in [-0.05, 0) is 31.7 Å². The average molecular weight is 264 g/mol. The summed E-state index contributed by atoms with van der Waals surface area (Å²) in [5, 5.41) is 7.67. The van der Waals surface area contributed by atoms with E-state index in [1.807, 2.05) is 11.7 Å². The van der Waals surface area contributed by atoms with Crippen LogP contribution in [0.15, 0.2) is 6.33 Å². The second kappa shape index (κ2) is 7.04. The SMILES string of the molecule is CCCC1CCC(C(Cc2ncnn2C)NC)CC1. The molecule has 1 N–H and O–H groups in total. The molecule has 1 aliphatic carbocycles. The average Bonchev–Trinajstić information content (AvgIpc) is 2.83. The third-order valence-corrected chi connectivity index (χ3v) is 4.74. The fourth-order valence-corrected chi connectivity index (χ4v) is 3.49. The lowest BCUT2D eigenvalue weighted by molar-refractivity contribution is 0.215.